The molecule has 0 aromatic heterocycles. The number of rotatable bonds is 7. The molecule has 1 rings (SSSR count). The van der Waals surface area contributed by atoms with E-state index in [2.05, 4.69) is 31.0 Å². The van der Waals surface area contributed by atoms with Crippen LogP contribution in [0.5, 0.6) is 0 Å². The molecule has 1 N–H and O–H groups in total. The van der Waals surface area contributed by atoms with Gasteiger partial charge in [0.15, 0.2) is 0 Å². The first-order valence-corrected chi connectivity index (χ1v) is 7.12. The van der Waals surface area contributed by atoms with Crippen LogP contribution in [0.3, 0.4) is 0 Å². The van der Waals surface area contributed by atoms with Gasteiger partial charge in [-0.1, -0.05) is 20.8 Å². The summed E-state index contributed by atoms with van der Waals surface area (Å²) >= 11 is 0. The Balaban J connectivity index is 2.48. The van der Waals surface area contributed by atoms with E-state index in [1.165, 1.54) is 32.5 Å². The van der Waals surface area contributed by atoms with E-state index < -0.39 is 0 Å². The van der Waals surface area contributed by atoms with Crippen LogP contribution in [0.1, 0.15) is 33.6 Å². The Kier molecular flexibility index (Phi) is 7.09. The van der Waals surface area contributed by atoms with Crippen molar-refractivity contribution in [2.45, 2.75) is 39.7 Å². The molecule has 1 aliphatic rings. The maximum absolute atomic E-state index is 5.38. The van der Waals surface area contributed by atoms with E-state index in [0.29, 0.717) is 12.0 Å². The lowest BCUT2D eigenvalue weighted by Crippen LogP contribution is -2.46. The van der Waals surface area contributed by atoms with Crippen molar-refractivity contribution in [3.8, 4) is 0 Å². The molecule has 3 heteroatoms. The molecule has 0 aliphatic carbocycles. The van der Waals surface area contributed by atoms with E-state index in [-0.39, 0.29) is 0 Å². The van der Waals surface area contributed by atoms with Crippen molar-refractivity contribution >= 4 is 0 Å². The fourth-order valence-electron chi connectivity index (χ4n) is 2.80. The molecular weight excluding hydrogens is 212 g/mol. The molecular formula is C14H30N2O. The highest BCUT2D eigenvalue weighted by Gasteiger charge is 2.24. The zero-order valence-electron chi connectivity index (χ0n) is 12.0. The fourth-order valence-corrected chi connectivity index (χ4v) is 2.80. The van der Waals surface area contributed by atoms with E-state index in [4.69, 9.17) is 4.74 Å². The van der Waals surface area contributed by atoms with Gasteiger partial charge in [-0.25, -0.2) is 0 Å². The summed E-state index contributed by atoms with van der Waals surface area (Å²) in [6.07, 6.45) is 2.71. The van der Waals surface area contributed by atoms with E-state index in [1.54, 1.807) is 0 Å². The highest BCUT2D eigenvalue weighted by molar-refractivity contribution is 4.79. The molecule has 2 atom stereocenters. The van der Waals surface area contributed by atoms with Gasteiger partial charge in [0.25, 0.3) is 0 Å². The molecule has 2 unspecified atom stereocenters. The van der Waals surface area contributed by atoms with Crippen LogP contribution in [0.4, 0.5) is 0 Å². The van der Waals surface area contributed by atoms with Gasteiger partial charge in [-0.05, 0) is 44.3 Å². The number of ether oxygens (including phenoxy) is 1. The van der Waals surface area contributed by atoms with Crippen molar-refractivity contribution in [3.63, 3.8) is 0 Å². The minimum atomic E-state index is 0.562. The topological polar surface area (TPSA) is 24.5 Å². The van der Waals surface area contributed by atoms with Crippen molar-refractivity contribution < 1.29 is 4.74 Å². The summed E-state index contributed by atoms with van der Waals surface area (Å²) in [5.41, 5.74) is 0. The molecule has 1 aliphatic heterocycles. The third-order valence-electron chi connectivity index (χ3n) is 3.87. The zero-order valence-corrected chi connectivity index (χ0v) is 12.0. The second-order valence-corrected chi connectivity index (χ2v) is 5.57. The molecule has 0 aromatic rings. The van der Waals surface area contributed by atoms with E-state index in [0.717, 1.165) is 19.1 Å². The smallest absolute Gasteiger partial charge is 0.0620 e. The van der Waals surface area contributed by atoms with Gasteiger partial charge in [0.2, 0.25) is 0 Å². The highest BCUT2D eigenvalue weighted by Crippen LogP contribution is 2.17. The number of hydrogen-bond acceptors (Lipinski definition) is 3. The zero-order chi connectivity index (χ0) is 12.7. The summed E-state index contributed by atoms with van der Waals surface area (Å²) < 4.78 is 5.38. The van der Waals surface area contributed by atoms with Crippen molar-refractivity contribution in [2.75, 3.05) is 39.9 Å². The van der Waals surface area contributed by atoms with E-state index >= 15 is 0 Å². The van der Waals surface area contributed by atoms with E-state index in [1.807, 2.05) is 7.11 Å². The minimum Gasteiger partial charge on any atom is -0.383 e. The molecule has 1 fully saturated rings. The second-order valence-electron chi connectivity index (χ2n) is 5.57. The number of piperidine rings is 1. The van der Waals surface area contributed by atoms with Gasteiger partial charge in [-0.15, -0.1) is 0 Å². The summed E-state index contributed by atoms with van der Waals surface area (Å²) in [5, 5.41) is 3.51. The predicted molar refractivity (Wildman–Crippen MR) is 73.3 cm³/mol. The molecule has 3 nitrogen and oxygen atoms in total. The molecule has 1 heterocycles. The van der Waals surface area contributed by atoms with Gasteiger partial charge in [0.05, 0.1) is 6.61 Å². The molecule has 0 aromatic carbocycles. The standard InChI is InChI=1S/C14H30N2O/c1-5-16(14(11-17-4)12(2)3)10-13-7-6-8-15-9-13/h12-15H,5-11H2,1-4H3. The van der Waals surface area contributed by atoms with Crippen LogP contribution in [0.25, 0.3) is 0 Å². The number of nitrogens with zero attached hydrogens (tertiary/aromatic N) is 1. The van der Waals surface area contributed by atoms with Gasteiger partial charge in [-0.2, -0.15) is 0 Å². The lowest BCUT2D eigenvalue weighted by Gasteiger charge is -2.36. The van der Waals surface area contributed by atoms with E-state index in [9.17, 15) is 0 Å². The van der Waals surface area contributed by atoms with Crippen molar-refractivity contribution in [2.24, 2.45) is 11.8 Å². The van der Waals surface area contributed by atoms with Crippen LogP contribution in [0.15, 0.2) is 0 Å². The maximum atomic E-state index is 5.38. The lowest BCUT2D eigenvalue weighted by molar-refractivity contribution is 0.0546. The fraction of sp³-hybridized carbons (Fsp3) is 1.00. The predicted octanol–water partition coefficient (Wildman–Crippen LogP) is 1.98. The normalized spacial score (nSPS) is 23.3. The van der Waals surface area contributed by atoms with Crippen LogP contribution >= 0.6 is 0 Å². The van der Waals surface area contributed by atoms with Gasteiger partial charge in [-0.3, -0.25) is 4.90 Å². The molecule has 102 valence electrons. The van der Waals surface area contributed by atoms with Crippen LogP contribution in [0.2, 0.25) is 0 Å². The third-order valence-corrected chi connectivity index (χ3v) is 3.87. The summed E-state index contributed by atoms with van der Waals surface area (Å²) in [6.45, 7) is 12.4. The number of hydrogen-bond donors (Lipinski definition) is 1. The Labute approximate surface area is 107 Å². The first-order chi connectivity index (χ1) is 8.19. The summed E-state index contributed by atoms with van der Waals surface area (Å²) in [7, 11) is 1.81. The number of nitrogens with one attached hydrogen (secondary N) is 1. The molecule has 1 saturated heterocycles. The molecule has 0 radical (unpaired) electrons. The van der Waals surface area contributed by atoms with Crippen LogP contribution in [0, 0.1) is 11.8 Å². The van der Waals surface area contributed by atoms with Gasteiger partial charge in [0.1, 0.15) is 0 Å². The number of likely N-dealkylation sites (N-methyl/N-ethyl adjacent to an activating group) is 1. The summed E-state index contributed by atoms with van der Waals surface area (Å²) in [5.74, 6) is 1.48. The van der Waals surface area contributed by atoms with Crippen molar-refractivity contribution in [3.05, 3.63) is 0 Å². The third kappa shape index (κ3) is 4.94. The quantitative estimate of drug-likeness (QED) is 0.739. The largest absolute Gasteiger partial charge is 0.383 e. The Hall–Kier alpha value is -0.120. The first kappa shape index (κ1) is 14.9. The van der Waals surface area contributed by atoms with Crippen LogP contribution in [-0.4, -0.2) is 50.8 Å². The lowest BCUT2D eigenvalue weighted by atomic mass is 9.96. The SMILES string of the molecule is CCN(CC1CCCNC1)C(COC)C(C)C. The Morgan fingerprint density at radius 1 is 1.41 bits per heavy atom. The Bertz CT molecular complexity index is 191. The molecule has 17 heavy (non-hydrogen) atoms. The molecule has 0 bridgehead atoms. The number of methoxy groups -OCH3 is 1. The highest BCUT2D eigenvalue weighted by atomic mass is 16.5. The van der Waals surface area contributed by atoms with Crippen molar-refractivity contribution in [1.29, 1.82) is 0 Å². The van der Waals surface area contributed by atoms with Crippen LogP contribution in [-0.2, 0) is 4.74 Å². The van der Waals surface area contributed by atoms with Crippen LogP contribution < -0.4 is 5.32 Å². The summed E-state index contributed by atoms with van der Waals surface area (Å²) in [4.78, 5) is 2.60. The molecule has 0 amide bonds. The molecule has 0 spiro atoms. The van der Waals surface area contributed by atoms with Crippen molar-refractivity contribution in [1.82, 2.24) is 10.2 Å². The average molecular weight is 242 g/mol. The maximum Gasteiger partial charge on any atom is 0.0620 e. The summed E-state index contributed by atoms with van der Waals surface area (Å²) in [6, 6.07) is 0.562. The Morgan fingerprint density at radius 2 is 2.18 bits per heavy atom. The average Bonchev–Trinajstić information content (AvgIpc) is 2.34. The van der Waals surface area contributed by atoms with Gasteiger partial charge >= 0.3 is 0 Å². The first-order valence-electron chi connectivity index (χ1n) is 7.12. The van der Waals surface area contributed by atoms with Gasteiger partial charge in [0, 0.05) is 19.7 Å². The minimum absolute atomic E-state index is 0.562. The second kappa shape index (κ2) is 8.06. The molecule has 0 saturated carbocycles. The Morgan fingerprint density at radius 3 is 2.65 bits per heavy atom. The monoisotopic (exact) mass is 242 g/mol. The van der Waals surface area contributed by atoms with Gasteiger partial charge < -0.3 is 10.1 Å².